The minimum Gasteiger partial charge on any atom is -0.336 e. The van der Waals surface area contributed by atoms with Crippen LogP contribution in [0.1, 0.15) is 17.0 Å². The number of rotatable bonds is 1. The van der Waals surface area contributed by atoms with Crippen molar-refractivity contribution in [1.82, 2.24) is 24.7 Å². The third-order valence-corrected chi connectivity index (χ3v) is 3.35. The Hall–Kier alpha value is -2.17. The highest BCUT2D eigenvalue weighted by Gasteiger charge is 2.16. The summed E-state index contributed by atoms with van der Waals surface area (Å²) in [5, 5.41) is 4.42. The van der Waals surface area contributed by atoms with Crippen LogP contribution in [0.5, 0.6) is 0 Å². The summed E-state index contributed by atoms with van der Waals surface area (Å²) in [6.07, 6.45) is 1.78. The van der Waals surface area contributed by atoms with E-state index in [0.717, 1.165) is 39.5 Å². The Morgan fingerprint density at radius 3 is 2.61 bits per heavy atom. The number of hydrogen-bond acceptors (Lipinski definition) is 3. The third-order valence-electron chi connectivity index (χ3n) is 3.35. The number of fused-ring (bicyclic) bond motifs is 1. The van der Waals surface area contributed by atoms with Crippen LogP contribution in [0.2, 0.25) is 0 Å². The lowest BCUT2D eigenvalue weighted by molar-refractivity contribution is 0.731. The van der Waals surface area contributed by atoms with Gasteiger partial charge < -0.3 is 4.98 Å². The fourth-order valence-corrected chi connectivity index (χ4v) is 2.27. The number of nitrogens with one attached hydrogen (secondary N) is 1. The number of aromatic amines is 1. The first-order valence-electron chi connectivity index (χ1n) is 5.90. The Bertz CT molecular complexity index is 735. The van der Waals surface area contributed by atoms with E-state index < -0.39 is 0 Å². The van der Waals surface area contributed by atoms with Crippen molar-refractivity contribution >= 4 is 11.2 Å². The lowest BCUT2D eigenvalue weighted by Gasteiger charge is -1.96. The molecule has 3 heterocycles. The number of pyridine rings is 1. The van der Waals surface area contributed by atoms with Crippen LogP contribution in [0, 0.1) is 20.8 Å². The fraction of sp³-hybridized carbons (Fsp3) is 0.308. The largest absolute Gasteiger partial charge is 0.336 e. The van der Waals surface area contributed by atoms with E-state index in [0.29, 0.717) is 0 Å². The van der Waals surface area contributed by atoms with E-state index in [1.807, 2.05) is 31.6 Å². The van der Waals surface area contributed by atoms with Crippen LogP contribution < -0.4 is 0 Å². The van der Waals surface area contributed by atoms with Crippen molar-refractivity contribution in [2.24, 2.45) is 7.05 Å². The minimum atomic E-state index is 0.757. The standard InChI is InChI=1S/C13H15N5/c1-7-5-6-14-13-11(7)15-12(16-13)10-8(2)17-18(4)9(10)3/h5-6H,1-4H3,(H,14,15,16). The molecular weight excluding hydrogens is 226 g/mol. The summed E-state index contributed by atoms with van der Waals surface area (Å²) < 4.78 is 1.87. The Morgan fingerprint density at radius 2 is 2.00 bits per heavy atom. The highest BCUT2D eigenvalue weighted by atomic mass is 15.3. The summed E-state index contributed by atoms with van der Waals surface area (Å²) in [5.41, 5.74) is 6.05. The van der Waals surface area contributed by atoms with E-state index >= 15 is 0 Å². The zero-order valence-corrected chi connectivity index (χ0v) is 10.9. The molecule has 0 unspecified atom stereocenters. The van der Waals surface area contributed by atoms with E-state index in [-0.39, 0.29) is 0 Å². The summed E-state index contributed by atoms with van der Waals surface area (Å²) >= 11 is 0. The molecule has 3 aromatic heterocycles. The molecule has 0 radical (unpaired) electrons. The van der Waals surface area contributed by atoms with Gasteiger partial charge in [0.2, 0.25) is 0 Å². The van der Waals surface area contributed by atoms with Crippen LogP contribution in [0.25, 0.3) is 22.6 Å². The molecule has 0 aliphatic carbocycles. The van der Waals surface area contributed by atoms with Gasteiger partial charge in [-0.2, -0.15) is 5.10 Å². The summed E-state index contributed by atoms with van der Waals surface area (Å²) in [5.74, 6) is 0.843. The molecule has 0 fully saturated rings. The van der Waals surface area contributed by atoms with E-state index in [2.05, 4.69) is 27.0 Å². The first-order chi connectivity index (χ1) is 8.58. The van der Waals surface area contributed by atoms with Gasteiger partial charge in [-0.15, -0.1) is 0 Å². The molecule has 0 aliphatic rings. The molecule has 5 heteroatoms. The summed E-state index contributed by atoms with van der Waals surface area (Å²) in [6, 6.07) is 1.98. The highest BCUT2D eigenvalue weighted by Crippen LogP contribution is 2.26. The van der Waals surface area contributed by atoms with Crippen molar-refractivity contribution in [2.75, 3.05) is 0 Å². The molecule has 3 aromatic rings. The number of aromatic nitrogens is 5. The van der Waals surface area contributed by atoms with Gasteiger partial charge in [0.15, 0.2) is 5.65 Å². The van der Waals surface area contributed by atoms with Gasteiger partial charge in [-0.1, -0.05) is 0 Å². The SMILES string of the molecule is Cc1nn(C)c(C)c1-c1nc2nccc(C)c2[nH]1. The van der Waals surface area contributed by atoms with Gasteiger partial charge in [0.25, 0.3) is 0 Å². The summed E-state index contributed by atoms with van der Waals surface area (Å²) in [4.78, 5) is 12.2. The topological polar surface area (TPSA) is 59.4 Å². The quantitative estimate of drug-likeness (QED) is 0.711. The number of imidazole rings is 1. The minimum absolute atomic E-state index is 0.757. The van der Waals surface area contributed by atoms with Crippen molar-refractivity contribution in [3.8, 4) is 11.4 Å². The van der Waals surface area contributed by atoms with Gasteiger partial charge in [0, 0.05) is 18.9 Å². The second-order valence-corrected chi connectivity index (χ2v) is 4.58. The third kappa shape index (κ3) is 1.44. The zero-order valence-electron chi connectivity index (χ0n) is 10.9. The second-order valence-electron chi connectivity index (χ2n) is 4.58. The molecule has 92 valence electrons. The van der Waals surface area contributed by atoms with Gasteiger partial charge >= 0.3 is 0 Å². The maximum Gasteiger partial charge on any atom is 0.178 e. The Morgan fingerprint density at radius 1 is 1.22 bits per heavy atom. The molecule has 0 aliphatic heterocycles. The Labute approximate surface area is 105 Å². The van der Waals surface area contributed by atoms with Crippen LogP contribution >= 0.6 is 0 Å². The molecule has 5 nitrogen and oxygen atoms in total. The predicted octanol–water partition coefficient (Wildman–Crippen LogP) is 2.28. The van der Waals surface area contributed by atoms with Crippen molar-refractivity contribution in [3.05, 3.63) is 29.2 Å². The summed E-state index contributed by atoms with van der Waals surface area (Å²) in [6.45, 7) is 6.09. The molecule has 0 spiro atoms. The van der Waals surface area contributed by atoms with Gasteiger partial charge in [0.1, 0.15) is 5.82 Å². The van der Waals surface area contributed by atoms with Crippen LogP contribution in [-0.2, 0) is 7.05 Å². The molecule has 0 saturated heterocycles. The van der Waals surface area contributed by atoms with Gasteiger partial charge in [-0.3, -0.25) is 4.68 Å². The normalized spacial score (nSPS) is 11.3. The molecule has 0 saturated carbocycles. The first kappa shape index (κ1) is 11.0. The van der Waals surface area contributed by atoms with Crippen molar-refractivity contribution in [2.45, 2.75) is 20.8 Å². The molecule has 0 amide bonds. The van der Waals surface area contributed by atoms with E-state index in [1.54, 1.807) is 6.20 Å². The van der Waals surface area contributed by atoms with Crippen molar-refractivity contribution < 1.29 is 0 Å². The van der Waals surface area contributed by atoms with Crippen LogP contribution in [0.3, 0.4) is 0 Å². The first-order valence-corrected chi connectivity index (χ1v) is 5.90. The van der Waals surface area contributed by atoms with E-state index in [1.165, 1.54) is 0 Å². The number of nitrogens with zero attached hydrogens (tertiary/aromatic N) is 4. The lowest BCUT2D eigenvalue weighted by Crippen LogP contribution is -1.92. The van der Waals surface area contributed by atoms with Crippen molar-refractivity contribution in [1.29, 1.82) is 0 Å². The molecule has 0 bridgehead atoms. The monoisotopic (exact) mass is 241 g/mol. The van der Waals surface area contributed by atoms with Crippen LogP contribution in [0.15, 0.2) is 12.3 Å². The maximum atomic E-state index is 4.56. The second kappa shape index (κ2) is 3.66. The average molecular weight is 241 g/mol. The number of hydrogen-bond donors (Lipinski definition) is 1. The fourth-order valence-electron chi connectivity index (χ4n) is 2.27. The smallest absolute Gasteiger partial charge is 0.178 e. The number of H-pyrrole nitrogens is 1. The van der Waals surface area contributed by atoms with Gasteiger partial charge in [-0.05, 0) is 32.4 Å². The van der Waals surface area contributed by atoms with Crippen LogP contribution in [-0.4, -0.2) is 24.7 Å². The van der Waals surface area contributed by atoms with Gasteiger partial charge in [0.05, 0.1) is 16.8 Å². The van der Waals surface area contributed by atoms with Crippen molar-refractivity contribution in [3.63, 3.8) is 0 Å². The maximum absolute atomic E-state index is 4.56. The Balaban J connectivity index is 2.29. The zero-order chi connectivity index (χ0) is 12.9. The van der Waals surface area contributed by atoms with E-state index in [4.69, 9.17) is 0 Å². The molecule has 3 rings (SSSR count). The molecule has 18 heavy (non-hydrogen) atoms. The van der Waals surface area contributed by atoms with Crippen LogP contribution in [0.4, 0.5) is 0 Å². The molecule has 1 N–H and O–H groups in total. The molecule has 0 aromatic carbocycles. The molecular formula is C13H15N5. The highest BCUT2D eigenvalue weighted by molar-refractivity contribution is 5.79. The van der Waals surface area contributed by atoms with Gasteiger partial charge in [-0.25, -0.2) is 9.97 Å². The molecule has 0 atom stereocenters. The predicted molar refractivity (Wildman–Crippen MR) is 70.3 cm³/mol. The lowest BCUT2D eigenvalue weighted by atomic mass is 10.2. The number of aryl methyl sites for hydroxylation is 3. The van der Waals surface area contributed by atoms with E-state index in [9.17, 15) is 0 Å². The summed E-state index contributed by atoms with van der Waals surface area (Å²) in [7, 11) is 1.94. The average Bonchev–Trinajstić information content (AvgIpc) is 2.83. The Kier molecular flexibility index (Phi) is 2.23.